The van der Waals surface area contributed by atoms with E-state index < -0.39 is 0 Å². The summed E-state index contributed by atoms with van der Waals surface area (Å²) in [6.07, 6.45) is 3.43. The van der Waals surface area contributed by atoms with Crippen molar-refractivity contribution < 1.29 is 19.1 Å². The minimum Gasteiger partial charge on any atom is -0.490 e. The molecule has 6 nitrogen and oxygen atoms in total. The van der Waals surface area contributed by atoms with E-state index in [0.717, 1.165) is 11.1 Å². The van der Waals surface area contributed by atoms with Gasteiger partial charge in [0.25, 0.3) is 5.91 Å². The lowest BCUT2D eigenvalue weighted by molar-refractivity contribution is 0.0233. The van der Waals surface area contributed by atoms with Crippen molar-refractivity contribution >= 4 is 5.91 Å². The van der Waals surface area contributed by atoms with E-state index in [1.54, 1.807) is 30.6 Å². The van der Waals surface area contributed by atoms with Crippen LogP contribution in [-0.2, 0) is 18.1 Å². The van der Waals surface area contributed by atoms with Crippen LogP contribution in [0.25, 0.3) is 0 Å². The zero-order chi connectivity index (χ0) is 19.6. The molecule has 0 fully saturated rings. The largest absolute Gasteiger partial charge is 0.490 e. The summed E-state index contributed by atoms with van der Waals surface area (Å²) in [5.74, 6) is 0.727. The number of rotatable bonds is 9. The van der Waals surface area contributed by atoms with Crippen molar-refractivity contribution in [3.8, 4) is 11.5 Å². The Balaban J connectivity index is 1.61. The second kappa shape index (κ2) is 10.1. The number of amides is 1. The Bertz CT molecular complexity index is 886. The minimum absolute atomic E-state index is 0.290. The van der Waals surface area contributed by atoms with Crippen molar-refractivity contribution in [1.29, 1.82) is 0 Å². The van der Waals surface area contributed by atoms with E-state index in [-0.39, 0.29) is 12.5 Å². The van der Waals surface area contributed by atoms with Crippen LogP contribution in [0.5, 0.6) is 11.5 Å². The third-order valence-corrected chi connectivity index (χ3v) is 3.90. The first-order valence-corrected chi connectivity index (χ1v) is 9.01. The first-order valence-electron chi connectivity index (χ1n) is 9.01. The van der Waals surface area contributed by atoms with E-state index in [1.165, 1.54) is 0 Å². The third-order valence-electron chi connectivity index (χ3n) is 3.90. The van der Waals surface area contributed by atoms with Crippen molar-refractivity contribution in [3.05, 3.63) is 89.7 Å². The summed E-state index contributed by atoms with van der Waals surface area (Å²) in [4.78, 5) is 21.6. The fourth-order valence-electron chi connectivity index (χ4n) is 2.50. The van der Waals surface area contributed by atoms with E-state index >= 15 is 0 Å². The normalized spacial score (nSPS) is 10.3. The third kappa shape index (κ3) is 5.56. The highest BCUT2D eigenvalue weighted by Gasteiger charge is 2.12. The topological polar surface area (TPSA) is 69.7 Å². The molecule has 3 rings (SSSR count). The number of benzene rings is 2. The predicted octanol–water partition coefficient (Wildman–Crippen LogP) is 3.92. The van der Waals surface area contributed by atoms with Gasteiger partial charge in [0.05, 0.1) is 13.2 Å². The summed E-state index contributed by atoms with van der Waals surface area (Å²) >= 11 is 0. The summed E-state index contributed by atoms with van der Waals surface area (Å²) in [5, 5.41) is 0. The van der Waals surface area contributed by atoms with Gasteiger partial charge in [0.2, 0.25) is 0 Å². The van der Waals surface area contributed by atoms with E-state index in [4.69, 9.17) is 14.3 Å². The number of hydrogen-bond donors (Lipinski definition) is 1. The van der Waals surface area contributed by atoms with Crippen LogP contribution in [0.2, 0.25) is 0 Å². The molecule has 0 aliphatic rings. The summed E-state index contributed by atoms with van der Waals surface area (Å²) < 4.78 is 11.5. The lowest BCUT2D eigenvalue weighted by Crippen LogP contribution is -2.23. The highest BCUT2D eigenvalue weighted by Crippen LogP contribution is 2.29. The second-order valence-corrected chi connectivity index (χ2v) is 5.94. The molecule has 28 heavy (non-hydrogen) atoms. The van der Waals surface area contributed by atoms with Gasteiger partial charge in [-0.3, -0.25) is 14.6 Å². The summed E-state index contributed by atoms with van der Waals surface area (Å²) in [5.41, 5.74) is 4.84. The molecule has 1 aromatic heterocycles. The molecule has 0 unspecified atom stereocenters. The number of carbonyl (C=O) groups is 1. The van der Waals surface area contributed by atoms with E-state index in [0.29, 0.717) is 30.3 Å². The zero-order valence-electron chi connectivity index (χ0n) is 15.6. The number of pyridine rings is 1. The van der Waals surface area contributed by atoms with Crippen LogP contribution in [-0.4, -0.2) is 17.5 Å². The average molecular weight is 378 g/mol. The highest BCUT2D eigenvalue weighted by atomic mass is 16.6. The Morgan fingerprint density at radius 3 is 2.39 bits per heavy atom. The molecule has 0 spiro atoms. The van der Waals surface area contributed by atoms with E-state index in [9.17, 15) is 4.79 Å². The van der Waals surface area contributed by atoms with Crippen molar-refractivity contribution in [2.24, 2.45) is 0 Å². The first-order chi connectivity index (χ1) is 13.8. The van der Waals surface area contributed by atoms with Gasteiger partial charge in [0.15, 0.2) is 11.5 Å². The molecule has 144 valence electrons. The van der Waals surface area contributed by atoms with Gasteiger partial charge in [-0.1, -0.05) is 30.3 Å². The fraction of sp³-hybridized carbons (Fsp3) is 0.182. The molecule has 0 saturated carbocycles. The fourth-order valence-corrected chi connectivity index (χ4v) is 2.50. The van der Waals surface area contributed by atoms with Gasteiger partial charge in [0, 0.05) is 18.0 Å². The first kappa shape index (κ1) is 19.4. The Labute approximate surface area is 164 Å². The van der Waals surface area contributed by atoms with Crippen molar-refractivity contribution in [1.82, 2.24) is 10.5 Å². The molecule has 1 N–H and O–H groups in total. The molecule has 1 amide bonds. The van der Waals surface area contributed by atoms with Gasteiger partial charge in [0.1, 0.15) is 6.61 Å². The number of aromatic nitrogens is 1. The van der Waals surface area contributed by atoms with Gasteiger partial charge in [-0.2, -0.15) is 0 Å². The van der Waals surface area contributed by atoms with Crippen molar-refractivity contribution in [2.45, 2.75) is 20.1 Å². The van der Waals surface area contributed by atoms with Gasteiger partial charge in [-0.25, -0.2) is 5.48 Å². The monoisotopic (exact) mass is 378 g/mol. The molecule has 0 saturated heterocycles. The Morgan fingerprint density at radius 2 is 1.64 bits per heavy atom. The molecular formula is C22H22N2O4. The van der Waals surface area contributed by atoms with Crippen LogP contribution in [0.15, 0.2) is 73.1 Å². The minimum atomic E-state index is -0.349. The summed E-state index contributed by atoms with van der Waals surface area (Å²) in [7, 11) is 0. The lowest BCUT2D eigenvalue weighted by atomic mass is 10.2. The molecule has 0 bridgehead atoms. The van der Waals surface area contributed by atoms with Crippen molar-refractivity contribution in [3.63, 3.8) is 0 Å². The number of hydrogen-bond acceptors (Lipinski definition) is 5. The van der Waals surface area contributed by atoms with Gasteiger partial charge >= 0.3 is 0 Å². The summed E-state index contributed by atoms with van der Waals surface area (Å²) in [6, 6.07) is 18.4. The quantitative estimate of drug-likeness (QED) is 0.572. The number of nitrogens with zero attached hydrogens (tertiary/aromatic N) is 1. The number of carbonyl (C=O) groups excluding carboxylic acids is 1. The molecule has 0 aliphatic carbocycles. The second-order valence-electron chi connectivity index (χ2n) is 5.94. The van der Waals surface area contributed by atoms with Gasteiger partial charge in [-0.15, -0.1) is 0 Å². The highest BCUT2D eigenvalue weighted by molar-refractivity contribution is 5.94. The average Bonchev–Trinajstić information content (AvgIpc) is 2.74. The maximum Gasteiger partial charge on any atom is 0.274 e. The molecular weight excluding hydrogens is 356 g/mol. The standard InChI is InChI=1S/C22H22N2O4/c1-2-26-21-14-19(22(25)24-28-16-17-6-4-3-5-7-17)8-9-20(21)27-15-18-10-12-23-13-11-18/h3-14H,2,15-16H2,1H3,(H,24,25). The zero-order valence-corrected chi connectivity index (χ0v) is 15.6. The molecule has 1 heterocycles. The number of hydroxylamine groups is 1. The molecule has 0 atom stereocenters. The Morgan fingerprint density at radius 1 is 0.893 bits per heavy atom. The smallest absolute Gasteiger partial charge is 0.274 e. The molecule has 0 radical (unpaired) electrons. The van der Waals surface area contributed by atoms with Crippen LogP contribution in [0, 0.1) is 0 Å². The molecule has 0 aliphatic heterocycles. The van der Waals surface area contributed by atoms with Crippen molar-refractivity contribution in [2.75, 3.05) is 6.61 Å². The van der Waals surface area contributed by atoms with Crippen LogP contribution < -0.4 is 15.0 Å². The maximum absolute atomic E-state index is 12.3. The molecule has 3 aromatic rings. The van der Waals surface area contributed by atoms with Crippen LogP contribution in [0.3, 0.4) is 0 Å². The van der Waals surface area contributed by atoms with E-state index in [1.807, 2.05) is 49.4 Å². The predicted molar refractivity (Wildman–Crippen MR) is 105 cm³/mol. The maximum atomic E-state index is 12.3. The Kier molecular flexibility index (Phi) is 6.98. The van der Waals surface area contributed by atoms with Gasteiger partial charge < -0.3 is 9.47 Å². The molecule has 6 heteroatoms. The van der Waals surface area contributed by atoms with E-state index in [2.05, 4.69) is 10.5 Å². The lowest BCUT2D eigenvalue weighted by Gasteiger charge is -2.13. The van der Waals surface area contributed by atoms with Gasteiger partial charge in [-0.05, 0) is 48.4 Å². The number of ether oxygens (including phenoxy) is 2. The van der Waals surface area contributed by atoms with Crippen LogP contribution in [0.1, 0.15) is 28.4 Å². The summed E-state index contributed by atoms with van der Waals surface area (Å²) in [6.45, 7) is 3.01. The number of nitrogens with one attached hydrogen (secondary N) is 1. The SMILES string of the molecule is CCOc1cc(C(=O)NOCc2ccccc2)ccc1OCc1ccncc1. The van der Waals surface area contributed by atoms with Crippen LogP contribution in [0.4, 0.5) is 0 Å². The Hall–Kier alpha value is -3.38. The van der Waals surface area contributed by atoms with Crippen LogP contribution >= 0.6 is 0 Å². The molecule has 2 aromatic carbocycles.